The molecule has 3 rings (SSSR count). The van der Waals surface area contributed by atoms with Crippen LogP contribution in [0.1, 0.15) is 25.3 Å². The van der Waals surface area contributed by atoms with Gasteiger partial charge in [-0.2, -0.15) is 0 Å². The fourth-order valence-corrected chi connectivity index (χ4v) is 3.12. The molecule has 4 nitrogen and oxygen atoms in total. The first-order chi connectivity index (χ1) is 13.1. The molecule has 1 atom stereocenters. The summed E-state index contributed by atoms with van der Waals surface area (Å²) in [6.45, 7) is 2.13. The highest BCUT2D eigenvalue weighted by Gasteiger charge is 2.09. The van der Waals surface area contributed by atoms with Gasteiger partial charge in [0.05, 0.1) is 6.10 Å². The number of benzene rings is 1. The third-order valence-electron chi connectivity index (χ3n) is 4.51. The van der Waals surface area contributed by atoms with E-state index >= 15 is 0 Å². The van der Waals surface area contributed by atoms with Crippen molar-refractivity contribution < 1.29 is 4.74 Å². The number of pyridine rings is 2. The molecule has 27 heavy (non-hydrogen) atoms. The van der Waals surface area contributed by atoms with Crippen LogP contribution in [0.4, 0.5) is 5.82 Å². The predicted molar refractivity (Wildman–Crippen MR) is 111 cm³/mol. The van der Waals surface area contributed by atoms with Crippen LogP contribution in [0.2, 0.25) is 0 Å². The number of aryl methyl sites for hydroxylation is 1. The molecule has 0 aliphatic heterocycles. The first-order valence-corrected chi connectivity index (χ1v) is 9.42. The van der Waals surface area contributed by atoms with Crippen molar-refractivity contribution in [1.29, 1.82) is 0 Å². The Morgan fingerprint density at radius 3 is 2.48 bits per heavy atom. The van der Waals surface area contributed by atoms with E-state index < -0.39 is 0 Å². The first kappa shape index (κ1) is 18.9. The Morgan fingerprint density at radius 2 is 1.78 bits per heavy atom. The number of hydrogen-bond donors (Lipinski definition) is 0. The second-order valence-corrected chi connectivity index (χ2v) is 6.98. The Morgan fingerprint density at radius 1 is 1.00 bits per heavy atom. The smallest absolute Gasteiger partial charge is 0.135 e. The van der Waals surface area contributed by atoms with Gasteiger partial charge in [0.1, 0.15) is 11.6 Å². The van der Waals surface area contributed by atoms with Gasteiger partial charge in [-0.15, -0.1) is 0 Å². The molecule has 0 saturated carbocycles. The Kier molecular flexibility index (Phi) is 6.42. The summed E-state index contributed by atoms with van der Waals surface area (Å²) in [5.74, 6) is 1.87. The molecule has 0 amide bonds. The third kappa shape index (κ3) is 5.30. The maximum absolute atomic E-state index is 6.08. The van der Waals surface area contributed by atoms with Crippen LogP contribution in [0.5, 0.6) is 5.75 Å². The van der Waals surface area contributed by atoms with Crippen LogP contribution in [0.25, 0.3) is 11.1 Å². The lowest BCUT2D eigenvalue weighted by molar-refractivity contribution is 0.208. The van der Waals surface area contributed by atoms with E-state index in [-0.39, 0.29) is 6.10 Å². The van der Waals surface area contributed by atoms with Gasteiger partial charge < -0.3 is 9.64 Å². The topological polar surface area (TPSA) is 38.3 Å². The van der Waals surface area contributed by atoms with Crippen LogP contribution in [-0.2, 0) is 6.42 Å². The second kappa shape index (κ2) is 9.17. The van der Waals surface area contributed by atoms with Crippen molar-refractivity contribution in [2.45, 2.75) is 32.3 Å². The molecule has 0 aliphatic rings. The van der Waals surface area contributed by atoms with Gasteiger partial charge in [0.15, 0.2) is 0 Å². The van der Waals surface area contributed by atoms with Crippen molar-refractivity contribution in [3.05, 3.63) is 72.7 Å². The highest BCUT2D eigenvalue weighted by molar-refractivity contribution is 5.75. The van der Waals surface area contributed by atoms with Crippen molar-refractivity contribution in [3.63, 3.8) is 0 Å². The molecule has 0 saturated heterocycles. The van der Waals surface area contributed by atoms with Crippen LogP contribution in [0.3, 0.4) is 0 Å². The van der Waals surface area contributed by atoms with Gasteiger partial charge in [-0.1, -0.05) is 18.2 Å². The number of nitrogens with zero attached hydrogens (tertiary/aromatic N) is 3. The number of aromatic nitrogens is 2. The molecule has 0 aliphatic carbocycles. The fraction of sp³-hybridized carbons (Fsp3) is 0.304. The Labute approximate surface area is 161 Å². The lowest BCUT2D eigenvalue weighted by Gasteiger charge is -2.17. The van der Waals surface area contributed by atoms with Crippen LogP contribution in [-0.4, -0.2) is 30.2 Å². The highest BCUT2D eigenvalue weighted by atomic mass is 16.5. The summed E-state index contributed by atoms with van der Waals surface area (Å²) < 4.78 is 6.08. The molecular weight excluding hydrogens is 334 g/mol. The van der Waals surface area contributed by atoms with Gasteiger partial charge in [0.2, 0.25) is 0 Å². The van der Waals surface area contributed by atoms with Crippen molar-refractivity contribution in [2.75, 3.05) is 19.0 Å². The number of ether oxygens (including phenoxy) is 1. The molecule has 0 bridgehead atoms. The minimum atomic E-state index is 0.184. The number of hydrogen-bond acceptors (Lipinski definition) is 4. The molecule has 2 aromatic heterocycles. The summed E-state index contributed by atoms with van der Waals surface area (Å²) in [7, 11) is 4.02. The average molecular weight is 361 g/mol. The van der Waals surface area contributed by atoms with Gasteiger partial charge in [0, 0.05) is 38.2 Å². The fourth-order valence-electron chi connectivity index (χ4n) is 3.12. The summed E-state index contributed by atoms with van der Waals surface area (Å²) in [6.07, 6.45) is 8.90. The van der Waals surface area contributed by atoms with E-state index in [1.807, 2.05) is 61.9 Å². The summed E-state index contributed by atoms with van der Waals surface area (Å²) in [4.78, 5) is 10.7. The number of rotatable bonds is 8. The molecule has 4 heteroatoms. The van der Waals surface area contributed by atoms with Gasteiger partial charge in [-0.05, 0) is 67.6 Å². The van der Waals surface area contributed by atoms with Crippen LogP contribution in [0.15, 0.2) is 67.1 Å². The van der Waals surface area contributed by atoms with E-state index in [2.05, 4.69) is 41.2 Å². The SMILES string of the molecule is C[C@@H](CCCc1cccnc1)Oc1ccc(-c2cccnc2N(C)C)cc1. The zero-order valence-corrected chi connectivity index (χ0v) is 16.3. The quantitative estimate of drug-likeness (QED) is 0.566. The van der Waals surface area contributed by atoms with Gasteiger partial charge in [-0.25, -0.2) is 4.98 Å². The molecule has 1 aromatic carbocycles. The van der Waals surface area contributed by atoms with E-state index in [4.69, 9.17) is 4.74 Å². The minimum Gasteiger partial charge on any atom is -0.491 e. The molecular formula is C23H27N3O. The Balaban J connectivity index is 1.56. The predicted octanol–water partition coefficient (Wildman–Crippen LogP) is 5.00. The van der Waals surface area contributed by atoms with Crippen molar-refractivity contribution in [1.82, 2.24) is 9.97 Å². The molecule has 140 valence electrons. The lowest BCUT2D eigenvalue weighted by atomic mass is 10.1. The standard InChI is InChI=1S/C23H27N3O/c1-18(7-4-8-19-9-5-15-24-17-19)27-21-13-11-20(12-14-21)22-10-6-16-25-23(22)26(2)3/h5-6,9-18H,4,7-8H2,1-3H3/t18-/m0/s1. The summed E-state index contributed by atoms with van der Waals surface area (Å²) >= 11 is 0. The van der Waals surface area contributed by atoms with Crippen LogP contribution >= 0.6 is 0 Å². The van der Waals surface area contributed by atoms with E-state index in [1.165, 1.54) is 5.56 Å². The van der Waals surface area contributed by atoms with E-state index in [1.54, 1.807) is 0 Å². The van der Waals surface area contributed by atoms with Crippen molar-refractivity contribution >= 4 is 5.82 Å². The molecule has 0 spiro atoms. The molecule has 3 aromatic rings. The van der Waals surface area contributed by atoms with E-state index in [0.29, 0.717) is 0 Å². The maximum Gasteiger partial charge on any atom is 0.135 e. The van der Waals surface area contributed by atoms with E-state index in [0.717, 1.165) is 42.0 Å². The average Bonchev–Trinajstić information content (AvgIpc) is 2.69. The summed E-state index contributed by atoms with van der Waals surface area (Å²) in [5, 5.41) is 0. The number of anilines is 1. The van der Waals surface area contributed by atoms with Gasteiger partial charge in [-0.3, -0.25) is 4.98 Å². The summed E-state index contributed by atoms with van der Waals surface area (Å²) in [5.41, 5.74) is 3.55. The van der Waals surface area contributed by atoms with Gasteiger partial charge in [0.25, 0.3) is 0 Å². The molecule has 0 fully saturated rings. The zero-order chi connectivity index (χ0) is 19.1. The first-order valence-electron chi connectivity index (χ1n) is 9.42. The summed E-state index contributed by atoms with van der Waals surface area (Å²) in [6, 6.07) is 16.5. The Bertz CT molecular complexity index is 832. The van der Waals surface area contributed by atoms with Crippen LogP contribution in [0, 0.1) is 0 Å². The minimum absolute atomic E-state index is 0.184. The zero-order valence-electron chi connectivity index (χ0n) is 16.3. The van der Waals surface area contributed by atoms with E-state index in [9.17, 15) is 0 Å². The molecule has 2 heterocycles. The second-order valence-electron chi connectivity index (χ2n) is 6.98. The monoisotopic (exact) mass is 361 g/mol. The van der Waals surface area contributed by atoms with Gasteiger partial charge >= 0.3 is 0 Å². The molecule has 0 N–H and O–H groups in total. The maximum atomic E-state index is 6.08. The third-order valence-corrected chi connectivity index (χ3v) is 4.51. The Hall–Kier alpha value is -2.88. The molecule has 0 unspecified atom stereocenters. The highest BCUT2D eigenvalue weighted by Crippen LogP contribution is 2.29. The van der Waals surface area contributed by atoms with Crippen LogP contribution < -0.4 is 9.64 Å². The molecule has 0 radical (unpaired) electrons. The largest absolute Gasteiger partial charge is 0.491 e. The van der Waals surface area contributed by atoms with Crippen molar-refractivity contribution in [3.8, 4) is 16.9 Å². The lowest BCUT2D eigenvalue weighted by Crippen LogP contribution is -2.12. The normalized spacial score (nSPS) is 11.8. The van der Waals surface area contributed by atoms with Crippen molar-refractivity contribution in [2.24, 2.45) is 0 Å².